The SMILES string of the molecule is O=C(OC(CCc1cn(C(c2ccccc2)(c2ccccc2)c2ccccc2)cn1)CS(=O)(=O)NCCc1ccc(Cl)cc1)OC(CCc1cn(C(c2ccccc2)(c2ccccc2)c2ccccc2)cn1)CS(=O)(=O)NCCc1ccc(Cl)cc1. The molecule has 17 heteroatoms. The lowest BCUT2D eigenvalue weighted by molar-refractivity contribution is 0.00540. The van der Waals surface area contributed by atoms with Gasteiger partial charge in [-0.15, -0.1) is 0 Å². The summed E-state index contributed by atoms with van der Waals surface area (Å²) in [5.41, 5.74) is 7.17. The monoisotopic (exact) mass is 1220 g/mol. The molecule has 0 fully saturated rings. The number of hydrogen-bond acceptors (Lipinski definition) is 9. The Kier molecular flexibility index (Phi) is 20.1. The number of sulfonamides is 2. The van der Waals surface area contributed by atoms with Crippen molar-refractivity contribution in [3.8, 4) is 0 Å². The van der Waals surface area contributed by atoms with Gasteiger partial charge in [-0.05, 0) is 107 Å². The highest BCUT2D eigenvalue weighted by molar-refractivity contribution is 7.89. The summed E-state index contributed by atoms with van der Waals surface area (Å²) in [5, 5.41) is 1.12. The van der Waals surface area contributed by atoms with Gasteiger partial charge in [-0.3, -0.25) is 0 Å². The average Bonchev–Trinajstić information content (AvgIpc) is 1.46. The highest BCUT2D eigenvalue weighted by Crippen LogP contribution is 2.42. The summed E-state index contributed by atoms with van der Waals surface area (Å²) in [6.45, 7) is 0.131. The zero-order valence-corrected chi connectivity index (χ0v) is 50.3. The molecule has 10 aromatic rings. The molecule has 0 aliphatic rings. The first-order chi connectivity index (χ1) is 41.8. The lowest BCUT2D eigenvalue weighted by Crippen LogP contribution is -2.38. The number of benzene rings is 8. The van der Waals surface area contributed by atoms with Gasteiger partial charge in [-0.1, -0.05) is 229 Å². The van der Waals surface area contributed by atoms with Gasteiger partial charge >= 0.3 is 6.16 Å². The fourth-order valence-electron chi connectivity index (χ4n) is 11.2. The fourth-order valence-corrected chi connectivity index (χ4v) is 14.0. The second kappa shape index (κ2) is 28.4. The fraction of sp³-hybridized carbons (Fsp3) is 0.203. The van der Waals surface area contributed by atoms with E-state index in [1.54, 1.807) is 36.9 Å². The summed E-state index contributed by atoms with van der Waals surface area (Å²) in [4.78, 5) is 24.2. The molecule has 2 atom stereocenters. The maximum Gasteiger partial charge on any atom is 0.508 e. The smallest absolute Gasteiger partial charge is 0.430 e. The number of carbonyl (C=O) groups excluding carboxylic acids is 1. The number of aryl methyl sites for hydroxylation is 2. The molecular weight excluding hydrogens is 1160 g/mol. The minimum atomic E-state index is -4.10. The van der Waals surface area contributed by atoms with Crippen molar-refractivity contribution in [3.63, 3.8) is 0 Å². The number of hydrogen-bond donors (Lipinski definition) is 2. The summed E-state index contributed by atoms with van der Waals surface area (Å²) < 4.78 is 77.7. The number of imidazole rings is 2. The molecule has 0 spiro atoms. The van der Waals surface area contributed by atoms with Gasteiger partial charge in [0.05, 0.1) is 24.0 Å². The number of ether oxygens (including phenoxy) is 2. The second-order valence-electron chi connectivity index (χ2n) is 21.1. The van der Waals surface area contributed by atoms with Crippen molar-refractivity contribution in [1.29, 1.82) is 0 Å². The molecule has 13 nitrogen and oxygen atoms in total. The molecule has 86 heavy (non-hydrogen) atoms. The Bertz CT molecular complexity index is 3530. The Hall–Kier alpha value is -8.15. The molecule has 0 aliphatic heterocycles. The van der Waals surface area contributed by atoms with Crippen molar-refractivity contribution in [3.05, 3.63) is 322 Å². The van der Waals surface area contributed by atoms with Gasteiger partial charge in [0, 0.05) is 35.5 Å². The van der Waals surface area contributed by atoms with E-state index in [9.17, 15) is 21.6 Å². The number of nitrogens with zero attached hydrogens (tertiary/aromatic N) is 4. The Morgan fingerprint density at radius 2 is 0.698 bits per heavy atom. The normalized spacial score (nSPS) is 12.8. The van der Waals surface area contributed by atoms with Crippen LogP contribution >= 0.6 is 23.2 Å². The molecule has 0 radical (unpaired) electrons. The third kappa shape index (κ3) is 15.1. The van der Waals surface area contributed by atoms with Gasteiger partial charge in [0.2, 0.25) is 20.0 Å². The molecule has 2 heterocycles. The maximum atomic E-state index is 14.4. The summed E-state index contributed by atoms with van der Waals surface area (Å²) in [7, 11) is -8.21. The maximum absolute atomic E-state index is 14.4. The second-order valence-corrected chi connectivity index (χ2v) is 25.6. The summed E-state index contributed by atoms with van der Waals surface area (Å²) >= 11 is 12.2. The van der Waals surface area contributed by atoms with Crippen LogP contribution in [-0.4, -0.2) is 78.9 Å². The molecule has 2 unspecified atom stereocenters. The van der Waals surface area contributed by atoms with E-state index in [2.05, 4.69) is 91.4 Å². The largest absolute Gasteiger partial charge is 0.508 e. The Balaban J connectivity index is 0.927. The topological polar surface area (TPSA) is 164 Å². The summed E-state index contributed by atoms with van der Waals surface area (Å²) in [5.74, 6) is -1.24. The van der Waals surface area contributed by atoms with Gasteiger partial charge in [0.25, 0.3) is 0 Å². The van der Waals surface area contributed by atoms with E-state index < -0.39 is 61.0 Å². The lowest BCUT2D eigenvalue weighted by Gasteiger charge is -2.37. The molecule has 440 valence electrons. The Morgan fingerprint density at radius 3 is 0.977 bits per heavy atom. The lowest BCUT2D eigenvalue weighted by atomic mass is 9.77. The zero-order valence-electron chi connectivity index (χ0n) is 47.2. The van der Waals surface area contributed by atoms with Crippen LogP contribution in [0.1, 0.15) is 68.7 Å². The molecule has 2 N–H and O–H groups in total. The van der Waals surface area contributed by atoms with E-state index in [1.807, 2.05) is 146 Å². The summed E-state index contributed by atoms with van der Waals surface area (Å²) in [6.07, 6.45) is 4.80. The first-order valence-corrected chi connectivity index (χ1v) is 32.6. The van der Waals surface area contributed by atoms with E-state index >= 15 is 0 Å². The number of aromatic nitrogens is 4. The predicted octanol–water partition coefficient (Wildman–Crippen LogP) is 12.8. The van der Waals surface area contributed by atoms with Crippen molar-refractivity contribution in [2.75, 3.05) is 24.6 Å². The highest BCUT2D eigenvalue weighted by atomic mass is 35.5. The van der Waals surface area contributed by atoms with Gasteiger partial charge < -0.3 is 18.6 Å². The van der Waals surface area contributed by atoms with Gasteiger partial charge in [0.1, 0.15) is 34.8 Å². The molecule has 0 saturated heterocycles. The van der Waals surface area contributed by atoms with Gasteiger partial charge in [0.15, 0.2) is 0 Å². The van der Waals surface area contributed by atoms with Crippen molar-refractivity contribution in [2.24, 2.45) is 0 Å². The third-order valence-electron chi connectivity index (χ3n) is 15.3. The van der Waals surface area contributed by atoms with Crippen molar-refractivity contribution in [2.45, 2.75) is 61.8 Å². The molecule has 10 rings (SSSR count). The first kappa shape index (κ1) is 61.0. The molecular formula is C69H66Cl2N6O7S2. The van der Waals surface area contributed by atoms with Crippen LogP contribution in [0.2, 0.25) is 10.0 Å². The average molecular weight is 1230 g/mol. The van der Waals surface area contributed by atoms with Crippen molar-refractivity contribution in [1.82, 2.24) is 28.5 Å². The van der Waals surface area contributed by atoms with Crippen LogP contribution < -0.4 is 9.44 Å². The van der Waals surface area contributed by atoms with Gasteiger partial charge in [-0.2, -0.15) is 0 Å². The summed E-state index contributed by atoms with van der Waals surface area (Å²) in [6, 6.07) is 75.1. The van der Waals surface area contributed by atoms with E-state index in [0.29, 0.717) is 34.3 Å². The van der Waals surface area contributed by atoms with Crippen LogP contribution in [0.15, 0.2) is 256 Å². The predicted molar refractivity (Wildman–Crippen MR) is 339 cm³/mol. The van der Waals surface area contributed by atoms with E-state index in [1.165, 1.54) is 0 Å². The minimum Gasteiger partial charge on any atom is -0.430 e. The van der Waals surface area contributed by atoms with Crippen LogP contribution in [0.25, 0.3) is 0 Å². The number of nitrogens with one attached hydrogen (secondary N) is 2. The van der Waals surface area contributed by atoms with Crippen molar-refractivity contribution >= 4 is 49.4 Å². The third-order valence-corrected chi connectivity index (χ3v) is 18.7. The van der Waals surface area contributed by atoms with Crippen molar-refractivity contribution < 1.29 is 31.1 Å². The minimum absolute atomic E-state index is 0.0118. The quantitative estimate of drug-likeness (QED) is 0.0359. The standard InChI is InChI=1S/C69H66Cl2N6O7S2/c70-61-35-31-53(32-36-61)43-45-74-85(79,80)49-65(41-39-63-47-76(51-72-63)68(55-19-7-1-8-20-55,56-21-9-2-10-22-56)57-23-11-3-12-24-57)83-67(78)84-66(50-86(81,82)75-46-44-54-33-37-62(71)38-34-54)42-40-64-48-77(52-73-64)69(58-25-13-4-14-26-58,59-27-15-5-16-28-59)60-29-17-6-18-30-60/h1-38,47-48,51-52,65-66,74-75H,39-46,49-50H2. The molecule has 0 amide bonds. The molecule has 2 aromatic heterocycles. The number of rotatable bonds is 28. The van der Waals surface area contributed by atoms with E-state index in [4.69, 9.17) is 42.6 Å². The van der Waals surface area contributed by atoms with Crippen LogP contribution in [0.3, 0.4) is 0 Å². The molecule has 0 saturated carbocycles. The van der Waals surface area contributed by atoms with Crippen LogP contribution in [0, 0.1) is 0 Å². The number of carbonyl (C=O) groups is 1. The Labute approximate surface area is 513 Å². The number of halogens is 2. The first-order valence-electron chi connectivity index (χ1n) is 28.5. The molecule has 0 aliphatic carbocycles. The zero-order chi connectivity index (χ0) is 59.8. The van der Waals surface area contributed by atoms with E-state index in [-0.39, 0.29) is 38.8 Å². The Morgan fingerprint density at radius 1 is 0.419 bits per heavy atom. The van der Waals surface area contributed by atoms with Crippen LogP contribution in [0.4, 0.5) is 4.79 Å². The molecule has 8 aromatic carbocycles. The molecule has 0 bridgehead atoms. The van der Waals surface area contributed by atoms with E-state index in [0.717, 1.165) is 44.5 Å². The van der Waals surface area contributed by atoms with Crippen LogP contribution in [0.5, 0.6) is 0 Å². The van der Waals surface area contributed by atoms with Gasteiger partial charge in [-0.25, -0.2) is 41.0 Å². The van der Waals surface area contributed by atoms with Crippen LogP contribution in [-0.2, 0) is 66.3 Å². The highest BCUT2D eigenvalue weighted by Gasteiger charge is 2.40.